The molecule has 3 aromatic heterocycles. The smallest absolute Gasteiger partial charge is 0.164 e. The second-order valence-electron chi connectivity index (χ2n) is 11.8. The summed E-state index contributed by atoms with van der Waals surface area (Å²) in [6.45, 7) is 5.10. The van der Waals surface area contributed by atoms with Gasteiger partial charge in [-0.1, -0.05) is 6.07 Å². The number of benzene rings is 2. The Hall–Kier alpha value is -3.93. The minimum atomic E-state index is -0.456. The number of halogens is 2. The highest BCUT2D eigenvalue weighted by atomic mass is 19.1. The van der Waals surface area contributed by atoms with E-state index in [0.717, 1.165) is 109 Å². The predicted molar refractivity (Wildman–Crippen MR) is 163 cm³/mol. The minimum Gasteiger partial charge on any atom is -0.395 e. The molecule has 2 fully saturated rings. The van der Waals surface area contributed by atoms with Crippen LogP contribution in [0.5, 0.6) is 0 Å². The van der Waals surface area contributed by atoms with Crippen LogP contribution in [0.4, 0.5) is 14.6 Å². The molecule has 9 nitrogen and oxygen atoms in total. The van der Waals surface area contributed by atoms with E-state index in [1.807, 2.05) is 24.3 Å². The van der Waals surface area contributed by atoms with Crippen LogP contribution < -0.4 is 5.73 Å². The number of fused-ring (bicyclic) bond motifs is 2. The fourth-order valence-electron chi connectivity index (χ4n) is 6.93. The molecule has 0 radical (unpaired) electrons. The van der Waals surface area contributed by atoms with Crippen LogP contribution in [0.2, 0.25) is 0 Å². The van der Waals surface area contributed by atoms with Crippen molar-refractivity contribution < 1.29 is 13.9 Å². The number of aromatic amines is 1. The Kier molecular flexibility index (Phi) is 7.54. The van der Waals surface area contributed by atoms with Gasteiger partial charge in [0.15, 0.2) is 5.65 Å². The van der Waals surface area contributed by atoms with Gasteiger partial charge in [0.1, 0.15) is 29.5 Å². The zero-order valence-electron chi connectivity index (χ0n) is 24.0. The number of nitrogens with one attached hydrogen (secondary N) is 1. The maximum atomic E-state index is 14.3. The number of nitrogens with two attached hydrogens (primary N) is 1. The lowest BCUT2D eigenvalue weighted by Crippen LogP contribution is -2.51. The van der Waals surface area contributed by atoms with Gasteiger partial charge in [-0.2, -0.15) is 5.10 Å². The zero-order valence-corrected chi connectivity index (χ0v) is 24.0. The van der Waals surface area contributed by atoms with Crippen molar-refractivity contribution in [3.05, 3.63) is 71.7 Å². The number of hydrogen-bond acceptors (Lipinski definition) is 7. The van der Waals surface area contributed by atoms with Crippen molar-refractivity contribution in [2.24, 2.45) is 0 Å². The summed E-state index contributed by atoms with van der Waals surface area (Å²) in [7, 11) is 0. The van der Waals surface area contributed by atoms with E-state index in [0.29, 0.717) is 17.4 Å². The molecule has 43 heavy (non-hydrogen) atoms. The number of piperazine rings is 1. The number of anilines is 1. The van der Waals surface area contributed by atoms with Gasteiger partial charge in [-0.3, -0.25) is 9.80 Å². The second kappa shape index (κ2) is 11.6. The molecule has 0 unspecified atom stereocenters. The number of β-amino-alcohol motifs (C(OH)–C–C–N with tert-alkyl or cyclic N) is 1. The number of H-pyrrole nitrogens is 1. The molecule has 0 bridgehead atoms. The van der Waals surface area contributed by atoms with Crippen molar-refractivity contribution in [2.45, 2.75) is 44.2 Å². The van der Waals surface area contributed by atoms with E-state index >= 15 is 0 Å². The Morgan fingerprint density at radius 2 is 1.72 bits per heavy atom. The normalized spacial score (nSPS) is 20.3. The summed E-state index contributed by atoms with van der Waals surface area (Å²) in [5, 5.41) is 16.0. The molecule has 1 saturated carbocycles. The summed E-state index contributed by atoms with van der Waals surface area (Å²) in [5.41, 5.74) is 10.8. The zero-order chi connectivity index (χ0) is 29.5. The number of nitrogen functional groups attached to an aromatic ring is 1. The SMILES string of the molecule is Nc1ncnc2c1c(-c1ccc3[nH]c(Cc4cc(F)ccc4F)cc3c1)nn2C1CCC(N2CCN(CCO)CC2)CC1. The van der Waals surface area contributed by atoms with E-state index in [1.165, 1.54) is 12.4 Å². The second-order valence-corrected chi connectivity index (χ2v) is 11.8. The van der Waals surface area contributed by atoms with Crippen molar-refractivity contribution >= 4 is 27.8 Å². The van der Waals surface area contributed by atoms with Crippen molar-refractivity contribution in [3.8, 4) is 11.3 Å². The molecule has 224 valence electrons. The fraction of sp³-hybridized carbons (Fsp3) is 0.406. The summed E-state index contributed by atoms with van der Waals surface area (Å²) in [6, 6.07) is 12.3. The van der Waals surface area contributed by atoms with Crippen molar-refractivity contribution in [3.63, 3.8) is 0 Å². The Labute approximate surface area is 248 Å². The van der Waals surface area contributed by atoms with Gasteiger partial charge >= 0.3 is 0 Å². The molecule has 5 aromatic rings. The third kappa shape index (κ3) is 5.48. The lowest BCUT2D eigenvalue weighted by molar-refractivity contribution is 0.0629. The van der Waals surface area contributed by atoms with Crippen LogP contribution in [0.1, 0.15) is 43.0 Å². The first kappa shape index (κ1) is 27.9. The Morgan fingerprint density at radius 1 is 0.930 bits per heavy atom. The summed E-state index contributed by atoms with van der Waals surface area (Å²) in [4.78, 5) is 17.2. The topological polar surface area (TPSA) is 112 Å². The van der Waals surface area contributed by atoms with Gasteiger partial charge in [0.25, 0.3) is 0 Å². The lowest BCUT2D eigenvalue weighted by Gasteiger charge is -2.41. The maximum absolute atomic E-state index is 14.3. The van der Waals surface area contributed by atoms with E-state index in [1.54, 1.807) is 0 Å². The largest absolute Gasteiger partial charge is 0.395 e. The molecule has 0 atom stereocenters. The summed E-state index contributed by atoms with van der Waals surface area (Å²) in [5.74, 6) is -0.484. The van der Waals surface area contributed by atoms with Crippen LogP contribution in [0.3, 0.4) is 0 Å². The average molecular weight is 587 g/mol. The highest BCUT2D eigenvalue weighted by molar-refractivity contribution is 6.00. The molecule has 1 aliphatic carbocycles. The van der Waals surface area contributed by atoms with E-state index in [4.69, 9.17) is 10.8 Å². The van der Waals surface area contributed by atoms with Gasteiger partial charge in [0.05, 0.1) is 18.0 Å². The molecule has 2 aliphatic rings. The molecule has 0 amide bonds. The molecule has 1 saturated heterocycles. The lowest BCUT2D eigenvalue weighted by atomic mass is 9.90. The summed E-state index contributed by atoms with van der Waals surface area (Å²) in [6.07, 6.45) is 5.99. The van der Waals surface area contributed by atoms with Gasteiger partial charge in [0.2, 0.25) is 0 Å². The van der Waals surface area contributed by atoms with Crippen molar-refractivity contribution in [2.75, 3.05) is 45.1 Å². The minimum absolute atomic E-state index is 0.219. The van der Waals surface area contributed by atoms with Crippen molar-refractivity contribution in [1.82, 2.24) is 34.5 Å². The van der Waals surface area contributed by atoms with Crippen LogP contribution in [-0.4, -0.2) is 85.0 Å². The van der Waals surface area contributed by atoms with Gasteiger partial charge < -0.3 is 15.8 Å². The number of aliphatic hydroxyl groups excluding tert-OH is 1. The van der Waals surface area contributed by atoms with Gasteiger partial charge in [-0.15, -0.1) is 0 Å². The number of aromatic nitrogens is 5. The first-order valence-electron chi connectivity index (χ1n) is 15.1. The van der Waals surface area contributed by atoms with E-state index < -0.39 is 11.6 Å². The number of aliphatic hydroxyl groups is 1. The molecular weight excluding hydrogens is 550 g/mol. The molecule has 1 aliphatic heterocycles. The van der Waals surface area contributed by atoms with Crippen LogP contribution in [0.25, 0.3) is 33.2 Å². The molecule has 4 N–H and O–H groups in total. The first-order chi connectivity index (χ1) is 21.0. The van der Waals surface area contributed by atoms with Crippen LogP contribution in [0.15, 0.2) is 48.8 Å². The molecule has 0 spiro atoms. The third-order valence-electron chi connectivity index (χ3n) is 9.21. The monoisotopic (exact) mass is 586 g/mol. The van der Waals surface area contributed by atoms with Gasteiger partial charge in [-0.05, 0) is 67.6 Å². The summed E-state index contributed by atoms with van der Waals surface area (Å²) >= 11 is 0. The fourth-order valence-corrected chi connectivity index (χ4v) is 6.93. The van der Waals surface area contributed by atoms with Crippen LogP contribution >= 0.6 is 0 Å². The number of rotatable bonds is 7. The Bertz CT molecular complexity index is 1750. The van der Waals surface area contributed by atoms with Crippen molar-refractivity contribution in [1.29, 1.82) is 0 Å². The predicted octanol–water partition coefficient (Wildman–Crippen LogP) is 4.52. The number of nitrogens with zero attached hydrogens (tertiary/aromatic N) is 6. The molecule has 11 heteroatoms. The van der Waals surface area contributed by atoms with E-state index in [-0.39, 0.29) is 19.1 Å². The van der Waals surface area contributed by atoms with Gasteiger partial charge in [0, 0.05) is 67.3 Å². The highest BCUT2D eigenvalue weighted by Crippen LogP contribution is 2.38. The Morgan fingerprint density at radius 3 is 2.51 bits per heavy atom. The van der Waals surface area contributed by atoms with Gasteiger partial charge in [-0.25, -0.2) is 23.4 Å². The highest BCUT2D eigenvalue weighted by Gasteiger charge is 2.31. The molecule has 4 heterocycles. The molecule has 2 aromatic carbocycles. The maximum Gasteiger partial charge on any atom is 0.164 e. The van der Waals surface area contributed by atoms with E-state index in [9.17, 15) is 13.9 Å². The van der Waals surface area contributed by atoms with E-state index in [2.05, 4.69) is 29.4 Å². The average Bonchev–Trinajstić information content (AvgIpc) is 3.61. The van der Waals surface area contributed by atoms with Crippen LogP contribution in [0, 0.1) is 11.6 Å². The Balaban J connectivity index is 1.13. The number of hydrogen-bond donors (Lipinski definition) is 3. The summed E-state index contributed by atoms with van der Waals surface area (Å²) < 4.78 is 30.0. The standard InChI is InChI=1S/C32H36F2N8O/c33-23-2-7-27(34)21(16-23)17-24-18-22-15-20(1-8-28(22)38-24)30-29-31(35)36-19-37-32(29)42(39-30)26-5-3-25(4-6-26)41-11-9-40(10-12-41)13-14-43/h1-2,7-8,15-16,18-19,25-26,38,43H,3-6,9-14,17H2,(H2,35,36,37). The molecular formula is C32H36F2N8O. The third-order valence-corrected chi connectivity index (χ3v) is 9.21. The van der Waals surface area contributed by atoms with Crippen LogP contribution in [-0.2, 0) is 6.42 Å². The first-order valence-corrected chi connectivity index (χ1v) is 15.1. The molecule has 7 rings (SSSR count). The quantitative estimate of drug-likeness (QED) is 0.257.